The van der Waals surface area contributed by atoms with E-state index < -0.39 is 0 Å². The highest BCUT2D eigenvalue weighted by Crippen LogP contribution is 2.03. The number of hydrogen-bond donors (Lipinski definition) is 1. The maximum Gasteiger partial charge on any atom is 0.156 e. The van der Waals surface area contributed by atoms with Gasteiger partial charge in [-0.25, -0.2) is 0 Å². The lowest BCUT2D eigenvalue weighted by atomic mass is 10.2. The highest BCUT2D eigenvalue weighted by molar-refractivity contribution is 8.13. The summed E-state index contributed by atoms with van der Waals surface area (Å²) in [7, 11) is 0. The molecule has 0 aliphatic heterocycles. The Bertz CT molecular complexity index is 523. The smallest absolute Gasteiger partial charge is 0.156 e. The lowest BCUT2D eigenvalue weighted by Crippen LogP contribution is -2.20. The van der Waals surface area contributed by atoms with E-state index in [0.29, 0.717) is 0 Å². The van der Waals surface area contributed by atoms with Gasteiger partial charge in [0.15, 0.2) is 5.17 Å². The van der Waals surface area contributed by atoms with Crippen molar-refractivity contribution in [3.63, 3.8) is 0 Å². The number of hydrogen-bond acceptors (Lipinski definition) is 2. The van der Waals surface area contributed by atoms with Crippen molar-refractivity contribution >= 4 is 16.9 Å². The van der Waals surface area contributed by atoms with E-state index in [1.807, 2.05) is 12.1 Å². The van der Waals surface area contributed by atoms with Crippen LogP contribution in [0, 0.1) is 0 Å². The van der Waals surface area contributed by atoms with E-state index in [1.165, 1.54) is 11.1 Å². The van der Waals surface area contributed by atoms with Crippen molar-refractivity contribution in [2.45, 2.75) is 13.0 Å². The van der Waals surface area contributed by atoms with Crippen molar-refractivity contribution in [1.29, 1.82) is 0 Å². The SMILES string of the molecule is CS/C(=N\CCc1ccccc1)NCc1ccccc1. The molecule has 0 aliphatic rings. The molecule has 0 atom stereocenters. The largest absolute Gasteiger partial charge is 0.361 e. The first-order valence-electron chi connectivity index (χ1n) is 6.78. The van der Waals surface area contributed by atoms with Gasteiger partial charge >= 0.3 is 0 Å². The van der Waals surface area contributed by atoms with Gasteiger partial charge in [-0.2, -0.15) is 0 Å². The first kappa shape index (κ1) is 14.7. The van der Waals surface area contributed by atoms with Gasteiger partial charge in [0.05, 0.1) is 0 Å². The molecule has 0 heterocycles. The number of benzene rings is 2. The number of rotatable bonds is 5. The van der Waals surface area contributed by atoms with Crippen LogP contribution in [0.25, 0.3) is 0 Å². The van der Waals surface area contributed by atoms with Crippen LogP contribution in [-0.2, 0) is 13.0 Å². The Morgan fingerprint density at radius 3 is 2.15 bits per heavy atom. The van der Waals surface area contributed by atoms with E-state index in [9.17, 15) is 0 Å². The van der Waals surface area contributed by atoms with Crippen LogP contribution in [0.5, 0.6) is 0 Å². The fourth-order valence-corrected chi connectivity index (χ4v) is 2.33. The van der Waals surface area contributed by atoms with Crippen molar-refractivity contribution in [1.82, 2.24) is 5.32 Å². The topological polar surface area (TPSA) is 24.4 Å². The summed E-state index contributed by atoms with van der Waals surface area (Å²) in [5.74, 6) is 0. The van der Waals surface area contributed by atoms with Gasteiger partial charge in [-0.3, -0.25) is 4.99 Å². The Balaban J connectivity index is 1.80. The molecule has 2 rings (SSSR count). The molecule has 2 aromatic rings. The molecule has 2 nitrogen and oxygen atoms in total. The average Bonchev–Trinajstić information content (AvgIpc) is 2.52. The summed E-state index contributed by atoms with van der Waals surface area (Å²) in [4.78, 5) is 4.62. The van der Waals surface area contributed by atoms with Crippen LogP contribution in [-0.4, -0.2) is 18.0 Å². The van der Waals surface area contributed by atoms with Crippen LogP contribution in [0.4, 0.5) is 0 Å². The van der Waals surface area contributed by atoms with E-state index in [1.54, 1.807) is 11.8 Å². The molecule has 20 heavy (non-hydrogen) atoms. The maximum atomic E-state index is 4.62. The normalized spacial score (nSPS) is 11.3. The monoisotopic (exact) mass is 284 g/mol. The molecular formula is C17H20N2S. The quantitative estimate of drug-likeness (QED) is 0.668. The lowest BCUT2D eigenvalue weighted by Gasteiger charge is -2.07. The minimum Gasteiger partial charge on any atom is -0.361 e. The van der Waals surface area contributed by atoms with Crippen LogP contribution in [0.1, 0.15) is 11.1 Å². The highest BCUT2D eigenvalue weighted by atomic mass is 32.2. The molecule has 0 unspecified atom stereocenters. The van der Waals surface area contributed by atoms with Crippen LogP contribution in [0.3, 0.4) is 0 Å². The van der Waals surface area contributed by atoms with E-state index in [-0.39, 0.29) is 0 Å². The molecule has 0 radical (unpaired) electrons. The molecule has 0 aromatic heterocycles. The highest BCUT2D eigenvalue weighted by Gasteiger charge is 1.97. The zero-order valence-corrected chi connectivity index (χ0v) is 12.6. The third kappa shape index (κ3) is 5.10. The van der Waals surface area contributed by atoms with Gasteiger partial charge in [-0.15, -0.1) is 0 Å². The van der Waals surface area contributed by atoms with Crippen LogP contribution >= 0.6 is 11.8 Å². The molecule has 2 aromatic carbocycles. The van der Waals surface area contributed by atoms with Crippen molar-refractivity contribution < 1.29 is 0 Å². The number of aliphatic imine (C=N–C) groups is 1. The minimum atomic E-state index is 0.821. The second-order valence-electron chi connectivity index (χ2n) is 4.47. The molecule has 0 aliphatic carbocycles. The second kappa shape index (κ2) is 8.43. The van der Waals surface area contributed by atoms with Gasteiger partial charge < -0.3 is 5.32 Å². The molecule has 1 N–H and O–H groups in total. The van der Waals surface area contributed by atoms with Gasteiger partial charge in [-0.1, -0.05) is 72.4 Å². The Hall–Kier alpha value is -1.74. The van der Waals surface area contributed by atoms with Crippen LogP contribution in [0.2, 0.25) is 0 Å². The Labute approximate surface area is 125 Å². The summed E-state index contributed by atoms with van der Waals surface area (Å²) in [5, 5.41) is 4.39. The van der Waals surface area contributed by atoms with Gasteiger partial charge in [0.2, 0.25) is 0 Å². The van der Waals surface area contributed by atoms with Crippen molar-refractivity contribution in [3.05, 3.63) is 71.8 Å². The van der Waals surface area contributed by atoms with Crippen LogP contribution < -0.4 is 5.32 Å². The molecule has 3 heteroatoms. The first-order valence-corrected chi connectivity index (χ1v) is 8.01. The Kier molecular flexibility index (Phi) is 6.18. The molecule has 0 amide bonds. The van der Waals surface area contributed by atoms with Gasteiger partial charge in [-0.05, 0) is 23.8 Å². The molecule has 0 bridgehead atoms. The zero-order chi connectivity index (χ0) is 14.0. The standard InChI is InChI=1S/C17H20N2S/c1-20-17(19-14-16-10-6-3-7-11-16)18-13-12-15-8-4-2-5-9-15/h2-11H,12-14H2,1H3,(H,18,19). The molecule has 0 fully saturated rings. The predicted molar refractivity (Wildman–Crippen MR) is 89.2 cm³/mol. The average molecular weight is 284 g/mol. The molecule has 0 saturated carbocycles. The van der Waals surface area contributed by atoms with Gasteiger partial charge in [0.25, 0.3) is 0 Å². The Morgan fingerprint density at radius 2 is 1.55 bits per heavy atom. The van der Waals surface area contributed by atoms with E-state index in [4.69, 9.17) is 0 Å². The van der Waals surface area contributed by atoms with Crippen molar-refractivity contribution in [3.8, 4) is 0 Å². The number of nitrogens with one attached hydrogen (secondary N) is 1. The van der Waals surface area contributed by atoms with Gasteiger partial charge in [0.1, 0.15) is 0 Å². The second-order valence-corrected chi connectivity index (χ2v) is 5.26. The zero-order valence-electron chi connectivity index (χ0n) is 11.8. The molecule has 0 spiro atoms. The summed E-state index contributed by atoms with van der Waals surface area (Å²) in [6.07, 6.45) is 3.04. The van der Waals surface area contributed by atoms with Crippen molar-refractivity contribution in [2.75, 3.05) is 12.8 Å². The minimum absolute atomic E-state index is 0.821. The Morgan fingerprint density at radius 1 is 0.950 bits per heavy atom. The molecule has 104 valence electrons. The summed E-state index contributed by atoms with van der Waals surface area (Å²) in [6.45, 7) is 1.65. The maximum absolute atomic E-state index is 4.62. The summed E-state index contributed by atoms with van der Waals surface area (Å²) >= 11 is 1.66. The lowest BCUT2D eigenvalue weighted by molar-refractivity contribution is 0.900. The summed E-state index contributed by atoms with van der Waals surface area (Å²) in [5.41, 5.74) is 2.61. The molecular weight excluding hydrogens is 264 g/mol. The fraction of sp³-hybridized carbons (Fsp3) is 0.235. The number of nitrogens with zero attached hydrogens (tertiary/aromatic N) is 1. The third-order valence-corrected chi connectivity index (χ3v) is 3.64. The van der Waals surface area contributed by atoms with E-state index in [2.05, 4.69) is 65.1 Å². The fourth-order valence-electron chi connectivity index (χ4n) is 1.90. The first-order chi connectivity index (χ1) is 9.88. The van der Waals surface area contributed by atoms with Crippen LogP contribution in [0.15, 0.2) is 65.7 Å². The summed E-state index contributed by atoms with van der Waals surface area (Å²) < 4.78 is 0. The molecule has 0 saturated heterocycles. The number of amidine groups is 1. The van der Waals surface area contributed by atoms with E-state index >= 15 is 0 Å². The summed E-state index contributed by atoms with van der Waals surface area (Å²) in [6, 6.07) is 20.9. The van der Waals surface area contributed by atoms with Crippen molar-refractivity contribution in [2.24, 2.45) is 4.99 Å². The van der Waals surface area contributed by atoms with E-state index in [0.717, 1.165) is 24.7 Å². The predicted octanol–water partition coefficient (Wildman–Crippen LogP) is 3.74. The third-order valence-electron chi connectivity index (χ3n) is 2.98. The van der Waals surface area contributed by atoms with Gasteiger partial charge in [0, 0.05) is 13.1 Å². The number of thioether (sulfide) groups is 1.